The molecule has 2 aromatic carbocycles. The van der Waals surface area contributed by atoms with Crippen LogP contribution in [0.4, 0.5) is 0 Å². The lowest BCUT2D eigenvalue weighted by Crippen LogP contribution is -2.61. The third-order valence-corrected chi connectivity index (χ3v) is 5.73. The molecule has 1 fully saturated rings. The highest BCUT2D eigenvalue weighted by atomic mass is 16.7. The van der Waals surface area contributed by atoms with E-state index in [-0.39, 0.29) is 34.8 Å². The van der Waals surface area contributed by atoms with Crippen LogP contribution in [0.5, 0.6) is 17.2 Å². The first-order valence-corrected chi connectivity index (χ1v) is 11.3. The molecule has 1 aromatic heterocycles. The van der Waals surface area contributed by atoms with Gasteiger partial charge in [0.1, 0.15) is 52.3 Å². The molecular formula is C25H26O11. The predicted octanol–water partition coefficient (Wildman–Crippen LogP) is 1.40. The van der Waals surface area contributed by atoms with Crippen LogP contribution >= 0.6 is 0 Å². The Labute approximate surface area is 204 Å². The predicted molar refractivity (Wildman–Crippen MR) is 124 cm³/mol. The standard InChI is InChI=1S/C25H26O11/c1-2-3-8-33-24(32)23-21(30)20(29)22(31)25(36-23)34-14-9-15(27)19-16(28)11-17(35-18(19)10-14)12-4-6-13(26)7-5-12/h4-7,9-11,20-23,25-27,29-31H,2-3,8H2,1H3. The Morgan fingerprint density at radius 3 is 2.42 bits per heavy atom. The normalized spacial score (nSPS) is 23.9. The number of hydrogen-bond acceptors (Lipinski definition) is 11. The summed E-state index contributed by atoms with van der Waals surface area (Å²) in [6.45, 7) is 1.99. The monoisotopic (exact) mass is 502 g/mol. The van der Waals surface area contributed by atoms with Crippen LogP contribution in [-0.4, -0.2) is 68.8 Å². The summed E-state index contributed by atoms with van der Waals surface area (Å²) in [5.74, 6) is -1.33. The summed E-state index contributed by atoms with van der Waals surface area (Å²) in [6, 6.07) is 9.46. The Bertz CT molecular complexity index is 1280. The number of aliphatic hydroxyl groups excluding tert-OH is 3. The lowest BCUT2D eigenvalue weighted by atomic mass is 9.99. The number of rotatable bonds is 7. The van der Waals surface area contributed by atoms with E-state index < -0.39 is 47.9 Å². The summed E-state index contributed by atoms with van der Waals surface area (Å²) < 4.78 is 21.8. The van der Waals surface area contributed by atoms with E-state index in [1.165, 1.54) is 36.4 Å². The number of carbonyl (C=O) groups is 1. The molecule has 192 valence electrons. The number of fused-ring (bicyclic) bond motifs is 1. The highest BCUT2D eigenvalue weighted by molar-refractivity contribution is 5.86. The Morgan fingerprint density at radius 1 is 1.00 bits per heavy atom. The van der Waals surface area contributed by atoms with Crippen LogP contribution in [-0.2, 0) is 14.3 Å². The van der Waals surface area contributed by atoms with Gasteiger partial charge < -0.3 is 44.2 Å². The van der Waals surface area contributed by atoms with Gasteiger partial charge in [0.2, 0.25) is 6.29 Å². The Kier molecular flexibility index (Phi) is 7.45. The second kappa shape index (κ2) is 10.5. The number of aromatic hydroxyl groups is 2. The third kappa shape index (κ3) is 5.14. The quantitative estimate of drug-likeness (QED) is 0.233. The van der Waals surface area contributed by atoms with E-state index in [0.29, 0.717) is 12.0 Å². The molecule has 5 unspecified atom stereocenters. The highest BCUT2D eigenvalue weighted by Gasteiger charge is 2.48. The van der Waals surface area contributed by atoms with Crippen molar-refractivity contribution in [3.8, 4) is 28.6 Å². The molecule has 0 amide bonds. The lowest BCUT2D eigenvalue weighted by molar-refractivity contribution is -0.272. The van der Waals surface area contributed by atoms with Gasteiger partial charge in [0.15, 0.2) is 11.5 Å². The Hall–Kier alpha value is -3.64. The van der Waals surface area contributed by atoms with Gasteiger partial charge >= 0.3 is 5.97 Å². The van der Waals surface area contributed by atoms with Crippen LogP contribution in [0.25, 0.3) is 22.3 Å². The second-order valence-corrected chi connectivity index (χ2v) is 8.37. The average Bonchev–Trinajstić information content (AvgIpc) is 2.84. The smallest absolute Gasteiger partial charge is 0.338 e. The summed E-state index contributed by atoms with van der Waals surface area (Å²) in [4.78, 5) is 25.0. The molecule has 5 N–H and O–H groups in total. The molecule has 0 aliphatic carbocycles. The molecular weight excluding hydrogens is 476 g/mol. The van der Waals surface area contributed by atoms with Crippen molar-refractivity contribution in [1.82, 2.24) is 0 Å². The molecule has 11 heteroatoms. The van der Waals surface area contributed by atoms with Gasteiger partial charge in [-0.3, -0.25) is 4.79 Å². The fraction of sp³-hybridized carbons (Fsp3) is 0.360. The maximum Gasteiger partial charge on any atom is 0.338 e. The van der Waals surface area contributed by atoms with Crippen molar-refractivity contribution in [3.63, 3.8) is 0 Å². The lowest BCUT2D eigenvalue weighted by Gasteiger charge is -2.39. The minimum atomic E-state index is -1.79. The minimum absolute atomic E-state index is 0.0288. The summed E-state index contributed by atoms with van der Waals surface area (Å²) in [6.07, 6.45) is -7.20. The Morgan fingerprint density at radius 2 is 1.72 bits per heavy atom. The number of aliphatic hydroxyl groups is 3. The number of esters is 1. The SMILES string of the molecule is CCCCOC(=O)C1OC(Oc2cc(O)c3c(=O)cc(-c4ccc(O)cc4)oc3c2)C(O)C(O)C1O. The zero-order valence-corrected chi connectivity index (χ0v) is 19.2. The maximum absolute atomic E-state index is 12.6. The molecule has 4 rings (SSSR count). The molecule has 1 aliphatic heterocycles. The molecule has 11 nitrogen and oxygen atoms in total. The fourth-order valence-corrected chi connectivity index (χ4v) is 3.75. The molecule has 5 atom stereocenters. The first-order valence-electron chi connectivity index (χ1n) is 11.3. The average molecular weight is 502 g/mol. The van der Waals surface area contributed by atoms with E-state index in [9.17, 15) is 35.1 Å². The van der Waals surface area contributed by atoms with E-state index in [2.05, 4.69) is 0 Å². The second-order valence-electron chi connectivity index (χ2n) is 8.37. The number of carbonyl (C=O) groups excluding carboxylic acids is 1. The van der Waals surface area contributed by atoms with E-state index in [1.807, 2.05) is 6.92 Å². The van der Waals surface area contributed by atoms with Crippen molar-refractivity contribution in [2.75, 3.05) is 6.61 Å². The largest absolute Gasteiger partial charge is 0.508 e. The summed E-state index contributed by atoms with van der Waals surface area (Å²) in [7, 11) is 0. The number of unbranched alkanes of at least 4 members (excludes halogenated alkanes) is 1. The minimum Gasteiger partial charge on any atom is -0.508 e. The van der Waals surface area contributed by atoms with Crippen molar-refractivity contribution in [2.24, 2.45) is 0 Å². The van der Waals surface area contributed by atoms with Crippen LogP contribution in [0.1, 0.15) is 19.8 Å². The number of phenolic OH excluding ortho intramolecular Hbond substituents is 2. The Balaban J connectivity index is 1.62. The number of benzene rings is 2. The molecule has 1 aliphatic rings. The van der Waals surface area contributed by atoms with Crippen molar-refractivity contribution in [3.05, 3.63) is 52.7 Å². The molecule has 36 heavy (non-hydrogen) atoms. The van der Waals surface area contributed by atoms with Gasteiger partial charge in [0.05, 0.1) is 6.61 Å². The van der Waals surface area contributed by atoms with E-state index in [4.69, 9.17) is 18.6 Å². The third-order valence-electron chi connectivity index (χ3n) is 5.73. The van der Waals surface area contributed by atoms with Crippen LogP contribution in [0.2, 0.25) is 0 Å². The first-order chi connectivity index (χ1) is 17.2. The summed E-state index contributed by atoms with van der Waals surface area (Å²) >= 11 is 0. The molecule has 2 heterocycles. The zero-order valence-electron chi connectivity index (χ0n) is 19.2. The molecule has 0 radical (unpaired) electrons. The summed E-state index contributed by atoms with van der Waals surface area (Å²) in [5.41, 5.74) is -0.0991. The van der Waals surface area contributed by atoms with Gasteiger partial charge in [-0.25, -0.2) is 4.79 Å². The van der Waals surface area contributed by atoms with Crippen LogP contribution in [0.3, 0.4) is 0 Å². The van der Waals surface area contributed by atoms with E-state index in [0.717, 1.165) is 12.5 Å². The highest BCUT2D eigenvalue weighted by Crippen LogP contribution is 2.33. The fourth-order valence-electron chi connectivity index (χ4n) is 3.75. The van der Waals surface area contributed by atoms with E-state index >= 15 is 0 Å². The number of phenols is 2. The van der Waals surface area contributed by atoms with Gasteiger partial charge in [-0.2, -0.15) is 0 Å². The zero-order chi connectivity index (χ0) is 26.0. The number of hydrogen-bond donors (Lipinski definition) is 5. The van der Waals surface area contributed by atoms with Gasteiger partial charge in [0, 0.05) is 23.8 Å². The molecule has 0 bridgehead atoms. The van der Waals surface area contributed by atoms with Gasteiger partial charge in [-0.05, 0) is 30.7 Å². The van der Waals surface area contributed by atoms with Crippen molar-refractivity contribution < 1.29 is 49.0 Å². The topological polar surface area (TPSA) is 176 Å². The first kappa shape index (κ1) is 25.5. The van der Waals surface area contributed by atoms with Crippen molar-refractivity contribution >= 4 is 16.9 Å². The van der Waals surface area contributed by atoms with Gasteiger partial charge in [-0.15, -0.1) is 0 Å². The van der Waals surface area contributed by atoms with E-state index in [1.54, 1.807) is 0 Å². The molecule has 1 saturated heterocycles. The van der Waals surface area contributed by atoms with Crippen molar-refractivity contribution in [2.45, 2.75) is 50.5 Å². The van der Waals surface area contributed by atoms with Crippen molar-refractivity contribution in [1.29, 1.82) is 0 Å². The number of ether oxygens (including phenoxy) is 3. The van der Waals surface area contributed by atoms with Crippen LogP contribution in [0.15, 0.2) is 51.7 Å². The summed E-state index contributed by atoms with van der Waals surface area (Å²) in [5, 5.41) is 50.6. The van der Waals surface area contributed by atoms with Gasteiger partial charge in [-0.1, -0.05) is 13.3 Å². The molecule has 0 spiro atoms. The van der Waals surface area contributed by atoms with Crippen LogP contribution < -0.4 is 10.2 Å². The maximum atomic E-state index is 12.6. The van der Waals surface area contributed by atoms with Crippen LogP contribution in [0, 0.1) is 0 Å². The molecule has 3 aromatic rings. The van der Waals surface area contributed by atoms with Gasteiger partial charge in [0.25, 0.3) is 0 Å². The molecule has 0 saturated carbocycles.